The summed E-state index contributed by atoms with van der Waals surface area (Å²) in [6.07, 6.45) is 0. The summed E-state index contributed by atoms with van der Waals surface area (Å²) in [7, 11) is -4.81. The summed E-state index contributed by atoms with van der Waals surface area (Å²) in [6, 6.07) is 5.83. The number of phosphoric ester groups is 1. The van der Waals surface area contributed by atoms with E-state index in [1.807, 2.05) is 0 Å². The van der Waals surface area contributed by atoms with Crippen LogP contribution in [0.2, 0.25) is 0 Å². The highest BCUT2D eigenvalue weighted by Crippen LogP contribution is 2.37. The summed E-state index contributed by atoms with van der Waals surface area (Å²) in [6.45, 7) is 0. The van der Waals surface area contributed by atoms with E-state index >= 15 is 0 Å². The van der Waals surface area contributed by atoms with Gasteiger partial charge in [-0.05, 0) is 12.1 Å². The molecule has 0 fully saturated rings. The van der Waals surface area contributed by atoms with Crippen molar-refractivity contribution in [2.45, 2.75) is 0 Å². The van der Waals surface area contributed by atoms with Crippen LogP contribution >= 0.6 is 7.82 Å². The molecule has 0 atom stereocenters. The van der Waals surface area contributed by atoms with Crippen molar-refractivity contribution >= 4 is 19.5 Å². The van der Waals surface area contributed by atoms with E-state index in [9.17, 15) is 9.36 Å². The summed E-state index contributed by atoms with van der Waals surface area (Å²) in [4.78, 5) is 27.8. The standard InChI is InChI=1S/C7H8NO5P/c8-6-4-2-1-3-5(6)7(9)13-14(10,11)12/h1-4H,8H2,(H2,10,11,12). The Kier molecular flexibility index (Phi) is 2.90. The van der Waals surface area contributed by atoms with Crippen LogP contribution in [0.25, 0.3) is 0 Å². The van der Waals surface area contributed by atoms with Crippen molar-refractivity contribution in [1.82, 2.24) is 0 Å². The van der Waals surface area contributed by atoms with Gasteiger partial charge >= 0.3 is 13.8 Å². The number of hydrogen-bond acceptors (Lipinski definition) is 4. The van der Waals surface area contributed by atoms with Crippen LogP contribution in [0.5, 0.6) is 0 Å². The molecule has 1 rings (SSSR count). The fraction of sp³-hybridized carbons (Fsp3) is 0. The van der Waals surface area contributed by atoms with Crippen LogP contribution in [0.3, 0.4) is 0 Å². The summed E-state index contributed by atoms with van der Waals surface area (Å²) in [5, 5.41) is 0. The molecule has 0 aromatic heterocycles. The van der Waals surface area contributed by atoms with Gasteiger partial charge in [0.1, 0.15) is 0 Å². The van der Waals surface area contributed by atoms with Crippen LogP contribution in [0.15, 0.2) is 24.3 Å². The summed E-state index contributed by atoms with van der Waals surface area (Å²) in [5.74, 6) is -1.14. The molecule has 0 heterocycles. The molecule has 0 saturated heterocycles. The van der Waals surface area contributed by atoms with Gasteiger partial charge in [0.2, 0.25) is 0 Å². The molecule has 1 aromatic carbocycles. The van der Waals surface area contributed by atoms with Gasteiger partial charge in [-0.15, -0.1) is 0 Å². The van der Waals surface area contributed by atoms with Crippen LogP contribution < -0.4 is 5.73 Å². The van der Waals surface area contributed by atoms with Crippen molar-refractivity contribution in [2.24, 2.45) is 0 Å². The largest absolute Gasteiger partial charge is 0.527 e. The second-order valence-electron chi connectivity index (χ2n) is 2.46. The molecule has 0 saturated carbocycles. The van der Waals surface area contributed by atoms with E-state index in [1.54, 1.807) is 6.07 Å². The van der Waals surface area contributed by atoms with E-state index in [1.165, 1.54) is 18.2 Å². The number of phosphoric acid groups is 1. The molecule has 0 unspecified atom stereocenters. The van der Waals surface area contributed by atoms with Crippen LogP contribution in [0, 0.1) is 0 Å². The Hall–Kier alpha value is -1.36. The molecule has 0 spiro atoms. The van der Waals surface area contributed by atoms with Gasteiger partial charge in [0.15, 0.2) is 0 Å². The Bertz CT molecular complexity index is 399. The number of nitrogens with two attached hydrogens (primary N) is 1. The molecular formula is C7H8NO5P. The Morgan fingerprint density at radius 2 is 1.93 bits per heavy atom. The van der Waals surface area contributed by atoms with E-state index in [2.05, 4.69) is 4.52 Å². The van der Waals surface area contributed by atoms with E-state index in [0.717, 1.165) is 0 Å². The SMILES string of the molecule is Nc1ccccc1C(=O)OP(=O)(O)O. The maximum atomic E-state index is 11.1. The number of para-hydroxylation sites is 1. The maximum absolute atomic E-state index is 11.1. The molecule has 0 radical (unpaired) electrons. The molecule has 0 aliphatic heterocycles. The monoisotopic (exact) mass is 217 g/mol. The molecule has 4 N–H and O–H groups in total. The minimum Gasteiger partial charge on any atom is -0.398 e. The molecule has 7 heteroatoms. The second-order valence-corrected chi connectivity index (χ2v) is 3.62. The Balaban J connectivity index is 2.91. The molecule has 14 heavy (non-hydrogen) atoms. The molecule has 1 aromatic rings. The lowest BCUT2D eigenvalue weighted by molar-refractivity contribution is 0.0679. The van der Waals surface area contributed by atoms with Gasteiger partial charge in [-0.1, -0.05) is 12.1 Å². The Morgan fingerprint density at radius 3 is 2.43 bits per heavy atom. The van der Waals surface area contributed by atoms with Crippen LogP contribution in [-0.2, 0) is 9.09 Å². The first-order valence-electron chi connectivity index (χ1n) is 3.54. The summed E-state index contributed by atoms with van der Waals surface area (Å²) in [5.41, 5.74) is 5.42. The van der Waals surface area contributed by atoms with Gasteiger partial charge in [0.25, 0.3) is 0 Å². The molecule has 0 bridgehead atoms. The number of anilines is 1. The van der Waals surface area contributed by atoms with Gasteiger partial charge in [-0.25, -0.2) is 9.36 Å². The zero-order chi connectivity index (χ0) is 10.8. The zero-order valence-corrected chi connectivity index (χ0v) is 7.85. The number of hydrogen-bond donors (Lipinski definition) is 3. The van der Waals surface area contributed by atoms with Crippen molar-refractivity contribution in [3.63, 3.8) is 0 Å². The highest BCUT2D eigenvalue weighted by Gasteiger charge is 2.22. The summed E-state index contributed by atoms with van der Waals surface area (Å²) < 4.78 is 14.2. The van der Waals surface area contributed by atoms with Crippen molar-refractivity contribution in [2.75, 3.05) is 5.73 Å². The normalized spacial score (nSPS) is 11.0. The molecular weight excluding hydrogens is 209 g/mol. The highest BCUT2D eigenvalue weighted by atomic mass is 31.2. The lowest BCUT2D eigenvalue weighted by atomic mass is 10.2. The van der Waals surface area contributed by atoms with Crippen LogP contribution in [0.1, 0.15) is 10.4 Å². The maximum Gasteiger partial charge on any atom is 0.527 e. The van der Waals surface area contributed by atoms with Gasteiger partial charge in [0, 0.05) is 5.69 Å². The number of carbonyl (C=O) groups excluding carboxylic acids is 1. The number of carbonyl (C=O) groups is 1. The number of benzene rings is 1. The van der Waals surface area contributed by atoms with E-state index in [-0.39, 0.29) is 11.3 Å². The third kappa shape index (κ3) is 2.85. The van der Waals surface area contributed by atoms with Crippen molar-refractivity contribution in [3.05, 3.63) is 29.8 Å². The fourth-order valence-corrected chi connectivity index (χ4v) is 1.15. The topological polar surface area (TPSA) is 110 Å². The molecule has 76 valence electrons. The Morgan fingerprint density at radius 1 is 1.36 bits per heavy atom. The number of rotatable bonds is 2. The van der Waals surface area contributed by atoms with Crippen molar-refractivity contribution in [1.29, 1.82) is 0 Å². The van der Waals surface area contributed by atoms with E-state index in [0.29, 0.717) is 0 Å². The zero-order valence-electron chi connectivity index (χ0n) is 6.95. The van der Waals surface area contributed by atoms with Crippen molar-refractivity contribution in [3.8, 4) is 0 Å². The third-order valence-electron chi connectivity index (χ3n) is 1.38. The lowest BCUT2D eigenvalue weighted by Crippen LogP contribution is -2.06. The van der Waals surface area contributed by atoms with Gasteiger partial charge in [0.05, 0.1) is 5.56 Å². The predicted octanol–water partition coefficient (Wildman–Crippen LogP) is 0.518. The van der Waals surface area contributed by atoms with E-state index in [4.69, 9.17) is 15.5 Å². The second kappa shape index (κ2) is 3.79. The quantitative estimate of drug-likeness (QED) is 0.492. The van der Waals surface area contributed by atoms with Gasteiger partial charge in [-0.3, -0.25) is 9.79 Å². The minimum atomic E-state index is -4.81. The van der Waals surface area contributed by atoms with Crippen molar-refractivity contribution < 1.29 is 23.7 Å². The average Bonchev–Trinajstić information content (AvgIpc) is 2.01. The first kappa shape index (κ1) is 10.7. The molecule has 0 aliphatic rings. The third-order valence-corrected chi connectivity index (χ3v) is 1.79. The van der Waals surface area contributed by atoms with Crippen LogP contribution in [-0.4, -0.2) is 15.8 Å². The smallest absolute Gasteiger partial charge is 0.398 e. The first-order chi connectivity index (χ1) is 6.40. The lowest BCUT2D eigenvalue weighted by Gasteiger charge is -2.06. The Labute approximate surface area is 79.5 Å². The highest BCUT2D eigenvalue weighted by molar-refractivity contribution is 7.46. The van der Waals surface area contributed by atoms with Gasteiger partial charge in [-0.2, -0.15) is 0 Å². The molecule has 6 nitrogen and oxygen atoms in total. The van der Waals surface area contributed by atoms with Crippen LogP contribution in [0.4, 0.5) is 5.69 Å². The van der Waals surface area contributed by atoms with Gasteiger partial charge < -0.3 is 10.3 Å². The summed E-state index contributed by atoms with van der Waals surface area (Å²) >= 11 is 0. The average molecular weight is 217 g/mol. The minimum absolute atomic E-state index is 0.0733. The van der Waals surface area contributed by atoms with E-state index < -0.39 is 13.8 Å². The first-order valence-corrected chi connectivity index (χ1v) is 5.07. The predicted molar refractivity (Wildman–Crippen MR) is 48.3 cm³/mol. The molecule has 0 amide bonds. The number of nitrogen functional groups attached to an aromatic ring is 1. The fourth-order valence-electron chi connectivity index (χ4n) is 0.840. The molecule has 0 aliphatic carbocycles.